The predicted octanol–water partition coefficient (Wildman–Crippen LogP) is 2.90. The Kier molecular flexibility index (Phi) is 4.81. The Hall–Kier alpha value is -0.490. The lowest BCUT2D eigenvalue weighted by Gasteiger charge is -2.62. The number of halogens is 3. The Labute approximate surface area is 173 Å². The minimum atomic E-state index is -4.80. The number of rotatable bonds is 4. The van der Waals surface area contributed by atoms with E-state index in [-0.39, 0.29) is 25.0 Å². The molecule has 7 nitrogen and oxygen atoms in total. The molecule has 10 heteroatoms. The van der Waals surface area contributed by atoms with Gasteiger partial charge in [-0.1, -0.05) is 13.8 Å². The van der Waals surface area contributed by atoms with E-state index in [2.05, 4.69) is 6.92 Å². The molecule has 5 aliphatic heterocycles. The largest absolute Gasteiger partial charge is 0.443 e. The van der Waals surface area contributed by atoms with Gasteiger partial charge in [-0.3, -0.25) is 0 Å². The van der Waals surface area contributed by atoms with Crippen LogP contribution in [0.1, 0.15) is 46.5 Å². The van der Waals surface area contributed by atoms with Crippen molar-refractivity contribution in [1.29, 1.82) is 0 Å². The summed E-state index contributed by atoms with van der Waals surface area (Å²) in [5.74, 6) is -5.38. The van der Waals surface area contributed by atoms with Gasteiger partial charge in [-0.25, -0.2) is 9.78 Å². The molecule has 2 bridgehead atoms. The highest BCUT2D eigenvalue weighted by Gasteiger charge is 2.77. The smallest absolute Gasteiger partial charge is 0.394 e. The van der Waals surface area contributed by atoms with Crippen molar-refractivity contribution in [3.8, 4) is 0 Å². The Morgan fingerprint density at radius 1 is 1.03 bits per heavy atom. The monoisotopic (exact) mass is 438 g/mol. The number of fused-ring (bicyclic) bond motifs is 2. The summed E-state index contributed by atoms with van der Waals surface area (Å²) in [6, 6.07) is 0. The summed E-state index contributed by atoms with van der Waals surface area (Å²) in [6.45, 7) is 4.69. The van der Waals surface area contributed by atoms with Crippen LogP contribution in [0.3, 0.4) is 0 Å². The van der Waals surface area contributed by atoms with Gasteiger partial charge in [0.25, 0.3) is 5.79 Å². The van der Waals surface area contributed by atoms with Crippen LogP contribution in [0.5, 0.6) is 0 Å². The molecule has 1 saturated carbocycles. The number of hydrogen-bond acceptors (Lipinski definition) is 7. The zero-order valence-electron chi connectivity index (χ0n) is 17.3. The maximum Gasteiger partial charge on any atom is 0.443 e. The molecule has 0 amide bonds. The maximum atomic E-state index is 14.5. The minimum Gasteiger partial charge on any atom is -0.394 e. The van der Waals surface area contributed by atoms with Gasteiger partial charge in [0.05, 0.1) is 13.2 Å². The lowest BCUT2D eigenvalue weighted by Crippen LogP contribution is -2.76. The number of aliphatic hydroxyl groups is 1. The van der Waals surface area contributed by atoms with Gasteiger partial charge in [-0.15, -0.1) is 0 Å². The number of hydrogen-bond donors (Lipinski definition) is 1. The second-order valence-corrected chi connectivity index (χ2v) is 9.69. The van der Waals surface area contributed by atoms with E-state index in [0.29, 0.717) is 12.8 Å². The first-order chi connectivity index (χ1) is 14.1. The Balaban J connectivity index is 1.53. The van der Waals surface area contributed by atoms with Gasteiger partial charge < -0.3 is 24.1 Å². The van der Waals surface area contributed by atoms with E-state index < -0.39 is 53.7 Å². The molecule has 30 heavy (non-hydrogen) atoms. The molecular weight excluding hydrogens is 409 g/mol. The van der Waals surface area contributed by atoms with E-state index in [1.54, 1.807) is 6.92 Å². The Morgan fingerprint density at radius 3 is 2.47 bits per heavy atom. The molecule has 0 aromatic rings. The molecule has 5 heterocycles. The van der Waals surface area contributed by atoms with Crippen LogP contribution in [-0.4, -0.2) is 60.2 Å². The van der Waals surface area contributed by atoms with Crippen molar-refractivity contribution in [2.75, 3.05) is 13.2 Å². The summed E-state index contributed by atoms with van der Waals surface area (Å²) in [7, 11) is 0. The first kappa shape index (κ1) is 21.4. The fraction of sp³-hybridized carbons (Fsp3) is 1.00. The van der Waals surface area contributed by atoms with Crippen molar-refractivity contribution >= 4 is 0 Å². The summed E-state index contributed by atoms with van der Waals surface area (Å²) in [4.78, 5) is 11.6. The third-order valence-corrected chi connectivity index (χ3v) is 7.99. The number of ether oxygens (including phenoxy) is 4. The van der Waals surface area contributed by atoms with Gasteiger partial charge in [0.15, 0.2) is 11.9 Å². The van der Waals surface area contributed by atoms with Crippen LogP contribution in [0.15, 0.2) is 0 Å². The van der Waals surface area contributed by atoms with E-state index >= 15 is 0 Å². The summed E-state index contributed by atoms with van der Waals surface area (Å²) in [5, 5.41) is 9.13. The fourth-order valence-corrected chi connectivity index (χ4v) is 6.18. The number of aliphatic hydroxyl groups excluding tert-OH is 1. The van der Waals surface area contributed by atoms with Crippen LogP contribution >= 0.6 is 0 Å². The molecular formula is C20H29F3O7. The van der Waals surface area contributed by atoms with E-state index in [1.807, 2.05) is 0 Å². The number of epoxide rings is 1. The van der Waals surface area contributed by atoms with E-state index in [4.69, 9.17) is 33.8 Å². The van der Waals surface area contributed by atoms with Crippen LogP contribution < -0.4 is 0 Å². The minimum absolute atomic E-state index is 0.0372. The zero-order chi connectivity index (χ0) is 21.5. The molecule has 1 spiro atoms. The normalized spacial score (nSPS) is 55.1. The first-order valence-corrected chi connectivity index (χ1v) is 10.8. The van der Waals surface area contributed by atoms with Gasteiger partial charge in [-0.05, 0) is 38.0 Å². The van der Waals surface area contributed by atoms with Gasteiger partial charge in [-0.2, -0.15) is 13.2 Å². The first-order valence-electron chi connectivity index (χ1n) is 10.8. The molecule has 5 saturated heterocycles. The van der Waals surface area contributed by atoms with Crippen molar-refractivity contribution < 1.29 is 47.0 Å². The molecule has 1 aliphatic carbocycles. The van der Waals surface area contributed by atoms with Crippen molar-refractivity contribution in [2.45, 2.75) is 88.3 Å². The zero-order valence-corrected chi connectivity index (χ0v) is 17.3. The topological polar surface area (TPSA) is 78.9 Å². The van der Waals surface area contributed by atoms with Gasteiger partial charge >= 0.3 is 6.18 Å². The van der Waals surface area contributed by atoms with Crippen LogP contribution in [0, 0.1) is 23.7 Å². The lowest BCUT2D eigenvalue weighted by molar-refractivity contribution is -0.599. The highest BCUT2D eigenvalue weighted by Crippen LogP contribution is 2.64. The summed E-state index contributed by atoms with van der Waals surface area (Å²) in [6.07, 6.45) is -4.57. The van der Waals surface area contributed by atoms with Gasteiger partial charge in [0, 0.05) is 18.3 Å². The Bertz CT molecular complexity index is 692. The maximum absolute atomic E-state index is 14.5. The molecule has 6 rings (SSSR count). The molecule has 0 aromatic heterocycles. The van der Waals surface area contributed by atoms with Gasteiger partial charge in [0.1, 0.15) is 12.2 Å². The molecule has 0 radical (unpaired) electrons. The average molecular weight is 438 g/mol. The summed E-state index contributed by atoms with van der Waals surface area (Å²) in [5.41, 5.74) is -1.10. The lowest BCUT2D eigenvalue weighted by atomic mass is 9.57. The van der Waals surface area contributed by atoms with Crippen molar-refractivity contribution in [3.63, 3.8) is 0 Å². The third kappa shape index (κ3) is 2.84. The molecule has 1 unspecified atom stereocenters. The second kappa shape index (κ2) is 6.76. The van der Waals surface area contributed by atoms with Gasteiger partial charge in [0.2, 0.25) is 5.79 Å². The van der Waals surface area contributed by atoms with Crippen molar-refractivity contribution in [2.24, 2.45) is 23.7 Å². The SMILES string of the molecule is C[C@@H]1CC[C@H]2[C@@H](C)[C@](OCC3O[C@H]3CO)(C(F)(F)F)O[C@@H]3O[C@]4(C)CC[C@@H]1[C@]32OO4. The van der Waals surface area contributed by atoms with Crippen LogP contribution in [0.25, 0.3) is 0 Å². The van der Waals surface area contributed by atoms with E-state index in [1.165, 1.54) is 6.92 Å². The average Bonchev–Trinajstić information content (AvgIpc) is 3.47. The standard InChI is InChI=1S/C20H29F3O7/c1-10-4-5-13-11(2)19(20(21,22)23,25-9-15-14(8-24)26-15)28-16-18(13)12(10)6-7-17(3,27-16)29-30-18/h10-16,24H,4-9H2,1-3H3/t10-,11-,12+,13+,14+,15?,16+,17+,18-,19-/m1/s1. The highest BCUT2D eigenvalue weighted by molar-refractivity contribution is 5.12. The van der Waals surface area contributed by atoms with Crippen LogP contribution in [0.2, 0.25) is 0 Å². The second-order valence-electron chi connectivity index (χ2n) is 9.69. The molecule has 6 fully saturated rings. The van der Waals surface area contributed by atoms with E-state index in [0.717, 1.165) is 12.8 Å². The highest BCUT2D eigenvalue weighted by atomic mass is 19.4. The van der Waals surface area contributed by atoms with Crippen LogP contribution in [-0.2, 0) is 28.7 Å². The fourth-order valence-electron chi connectivity index (χ4n) is 6.18. The van der Waals surface area contributed by atoms with Crippen molar-refractivity contribution in [3.05, 3.63) is 0 Å². The third-order valence-electron chi connectivity index (χ3n) is 7.99. The molecule has 172 valence electrons. The predicted molar refractivity (Wildman–Crippen MR) is 93.5 cm³/mol. The van der Waals surface area contributed by atoms with Crippen molar-refractivity contribution in [1.82, 2.24) is 0 Å². The Morgan fingerprint density at radius 2 is 1.80 bits per heavy atom. The quantitative estimate of drug-likeness (QED) is 0.534. The van der Waals surface area contributed by atoms with E-state index in [9.17, 15) is 13.2 Å². The molecule has 0 aromatic carbocycles. The van der Waals surface area contributed by atoms with Crippen LogP contribution in [0.4, 0.5) is 13.2 Å². The molecule has 6 aliphatic rings. The summed E-state index contributed by atoms with van der Waals surface area (Å²) < 4.78 is 66.0. The molecule has 10 atom stereocenters. The number of alkyl halides is 3. The summed E-state index contributed by atoms with van der Waals surface area (Å²) >= 11 is 0. The molecule has 1 N–H and O–H groups in total.